The van der Waals surface area contributed by atoms with Crippen molar-refractivity contribution in [1.82, 2.24) is 5.32 Å². The first-order chi connectivity index (χ1) is 19.7. The number of ether oxygens (including phenoxy) is 1. The van der Waals surface area contributed by atoms with Crippen molar-refractivity contribution in [3.63, 3.8) is 0 Å². The number of carbonyl (C=O) groups is 1. The first kappa shape index (κ1) is 28.3. The number of carbonyl (C=O) groups excluding carboxylic acids is 1. The van der Waals surface area contributed by atoms with Gasteiger partial charge in [0.05, 0.1) is 30.3 Å². The average molecular weight is 573 g/mol. The molecular weight excluding hydrogens is 540 g/mol. The zero-order valence-corrected chi connectivity index (χ0v) is 23.7. The Morgan fingerprint density at radius 3 is 2.46 bits per heavy atom. The molecule has 1 aliphatic carbocycles. The topological polar surface area (TPSA) is 125 Å². The molecule has 41 heavy (non-hydrogen) atoms. The first-order valence-corrected chi connectivity index (χ1v) is 15.0. The van der Waals surface area contributed by atoms with Crippen LogP contribution in [0.3, 0.4) is 0 Å². The Kier molecular flexibility index (Phi) is 8.10. The van der Waals surface area contributed by atoms with E-state index in [0.29, 0.717) is 18.7 Å². The molecular formula is C32H32N2O6S. The van der Waals surface area contributed by atoms with E-state index in [2.05, 4.69) is 41.5 Å². The molecule has 6 rings (SSSR count). The number of rotatable bonds is 4. The second kappa shape index (κ2) is 11.7. The highest BCUT2D eigenvalue weighted by atomic mass is 32.2. The number of benzene rings is 4. The third-order valence-electron chi connectivity index (χ3n) is 7.59. The standard InChI is InChI=1S/C25H22O4S.C7H10N2O2/c1-15-11-24-22(21-8-3-2-7-20(15)21)10-9-17-13-19(30(27,28)29)14-23(25(17)24)16-5-4-6-18(26)12-16;1-2-11-7(10)6-3-8-5-9-4-6/h2-12,19,23,26H,13-14H2,1H3,(H,27,28,29);3,5H,2,4H2,1H3,(H,8,9). The number of hydrogen-bond acceptors (Lipinski definition) is 7. The number of nitrogens with zero attached hydrogens (tertiary/aromatic N) is 1. The molecule has 0 fully saturated rings. The average Bonchev–Trinajstić information content (AvgIpc) is 2.97. The van der Waals surface area contributed by atoms with E-state index in [1.165, 1.54) is 10.8 Å². The molecule has 0 amide bonds. The summed E-state index contributed by atoms with van der Waals surface area (Å²) in [5, 5.41) is 16.5. The normalized spacial score (nSPS) is 18.1. The SMILES string of the molecule is CCOC(=O)C1=CNC=NC1.Cc1cc2c3c(ccc2c2ccccc12)CC(S(=O)(=O)O)CC3c1cccc(O)c1. The number of phenols is 1. The molecule has 1 heterocycles. The van der Waals surface area contributed by atoms with Crippen LogP contribution in [0.15, 0.2) is 83.5 Å². The van der Waals surface area contributed by atoms with Crippen molar-refractivity contribution in [3.8, 4) is 5.75 Å². The van der Waals surface area contributed by atoms with E-state index in [1.807, 2.05) is 24.3 Å². The van der Waals surface area contributed by atoms with Gasteiger partial charge in [0.25, 0.3) is 10.1 Å². The molecule has 0 aromatic heterocycles. The van der Waals surface area contributed by atoms with Gasteiger partial charge in [-0.25, -0.2) is 4.79 Å². The van der Waals surface area contributed by atoms with Gasteiger partial charge in [-0.3, -0.25) is 9.55 Å². The predicted molar refractivity (Wildman–Crippen MR) is 161 cm³/mol. The van der Waals surface area contributed by atoms with Crippen LogP contribution in [0.5, 0.6) is 5.75 Å². The van der Waals surface area contributed by atoms with E-state index in [4.69, 9.17) is 4.74 Å². The Morgan fingerprint density at radius 2 is 1.78 bits per heavy atom. The first-order valence-electron chi connectivity index (χ1n) is 13.5. The van der Waals surface area contributed by atoms with Crippen LogP contribution in [0.25, 0.3) is 21.5 Å². The summed E-state index contributed by atoms with van der Waals surface area (Å²) in [5.74, 6) is -0.390. The summed E-state index contributed by atoms with van der Waals surface area (Å²) in [7, 11) is -4.18. The van der Waals surface area contributed by atoms with Crippen LogP contribution in [-0.2, 0) is 26.1 Å². The largest absolute Gasteiger partial charge is 0.508 e. The van der Waals surface area contributed by atoms with E-state index in [-0.39, 0.29) is 30.5 Å². The number of phenolic OH excluding ortho intramolecular Hbond substituents is 1. The van der Waals surface area contributed by atoms with Gasteiger partial charge in [0.2, 0.25) is 0 Å². The van der Waals surface area contributed by atoms with Gasteiger partial charge in [0, 0.05) is 12.1 Å². The van der Waals surface area contributed by atoms with Crippen molar-refractivity contribution in [1.29, 1.82) is 0 Å². The molecule has 212 valence electrons. The maximum absolute atomic E-state index is 12.0. The lowest BCUT2D eigenvalue weighted by Crippen LogP contribution is -2.30. The Labute approximate surface area is 239 Å². The van der Waals surface area contributed by atoms with E-state index in [1.54, 1.807) is 37.7 Å². The zero-order chi connectivity index (χ0) is 29.1. The molecule has 2 unspecified atom stereocenters. The van der Waals surface area contributed by atoms with Gasteiger partial charge < -0.3 is 15.2 Å². The molecule has 0 spiro atoms. The van der Waals surface area contributed by atoms with E-state index < -0.39 is 15.4 Å². The number of aromatic hydroxyl groups is 1. The molecule has 0 saturated heterocycles. The fourth-order valence-electron chi connectivity index (χ4n) is 5.73. The minimum atomic E-state index is -4.18. The molecule has 0 saturated carbocycles. The summed E-state index contributed by atoms with van der Waals surface area (Å²) in [6, 6.07) is 21.5. The lowest BCUT2D eigenvalue weighted by atomic mass is 9.75. The minimum Gasteiger partial charge on any atom is -0.508 e. The maximum Gasteiger partial charge on any atom is 0.337 e. The Bertz CT molecular complexity index is 1800. The molecule has 0 radical (unpaired) electrons. The van der Waals surface area contributed by atoms with Gasteiger partial charge in [-0.05, 0) is 82.6 Å². The number of hydrogen-bond donors (Lipinski definition) is 3. The third kappa shape index (κ3) is 5.96. The number of aryl methyl sites for hydroxylation is 1. The molecule has 8 nitrogen and oxygen atoms in total. The van der Waals surface area contributed by atoms with Crippen molar-refractivity contribution >= 4 is 44.0 Å². The van der Waals surface area contributed by atoms with Crippen molar-refractivity contribution in [2.24, 2.45) is 4.99 Å². The zero-order valence-electron chi connectivity index (χ0n) is 22.9. The maximum atomic E-state index is 12.0. The van der Waals surface area contributed by atoms with Crippen molar-refractivity contribution < 1.29 is 27.6 Å². The summed E-state index contributed by atoms with van der Waals surface area (Å²) in [5.41, 5.74) is 4.60. The highest BCUT2D eigenvalue weighted by Crippen LogP contribution is 2.44. The lowest BCUT2D eigenvalue weighted by Gasteiger charge is -2.32. The van der Waals surface area contributed by atoms with Crippen LogP contribution >= 0.6 is 0 Å². The van der Waals surface area contributed by atoms with Gasteiger partial charge >= 0.3 is 5.97 Å². The molecule has 9 heteroatoms. The Hall–Kier alpha value is -4.21. The summed E-state index contributed by atoms with van der Waals surface area (Å²) in [4.78, 5) is 14.9. The van der Waals surface area contributed by atoms with Gasteiger partial charge in [0.15, 0.2) is 0 Å². The van der Waals surface area contributed by atoms with Gasteiger partial charge in [-0.15, -0.1) is 0 Å². The Balaban J connectivity index is 0.000000259. The molecule has 4 aromatic carbocycles. The summed E-state index contributed by atoms with van der Waals surface area (Å²) < 4.78 is 38.6. The summed E-state index contributed by atoms with van der Waals surface area (Å²) >= 11 is 0. The number of nitrogens with one attached hydrogen (secondary N) is 1. The van der Waals surface area contributed by atoms with Crippen LogP contribution in [-0.4, -0.2) is 48.8 Å². The summed E-state index contributed by atoms with van der Waals surface area (Å²) in [6.45, 7) is 4.68. The van der Waals surface area contributed by atoms with Crippen molar-refractivity contribution in [2.45, 2.75) is 37.9 Å². The summed E-state index contributed by atoms with van der Waals surface area (Å²) in [6.07, 6.45) is 3.71. The number of fused-ring (bicyclic) bond motifs is 5. The molecule has 3 N–H and O–H groups in total. The highest BCUT2D eigenvalue weighted by molar-refractivity contribution is 7.86. The van der Waals surface area contributed by atoms with Crippen LogP contribution in [0, 0.1) is 6.92 Å². The highest BCUT2D eigenvalue weighted by Gasteiger charge is 2.36. The number of aliphatic imine (C=N–C) groups is 1. The minimum absolute atomic E-state index is 0.143. The molecule has 2 atom stereocenters. The second-order valence-electron chi connectivity index (χ2n) is 10.2. The molecule has 2 aliphatic rings. The molecule has 4 aromatic rings. The quantitative estimate of drug-likeness (QED) is 0.170. The fourth-order valence-corrected chi connectivity index (χ4v) is 6.55. The molecule has 1 aliphatic heterocycles. The Morgan fingerprint density at radius 1 is 1.02 bits per heavy atom. The number of esters is 1. The predicted octanol–water partition coefficient (Wildman–Crippen LogP) is 5.41. The second-order valence-corrected chi connectivity index (χ2v) is 11.9. The van der Waals surface area contributed by atoms with Crippen molar-refractivity contribution in [2.75, 3.05) is 13.2 Å². The van der Waals surface area contributed by atoms with Gasteiger partial charge in [-0.1, -0.05) is 54.6 Å². The van der Waals surface area contributed by atoms with Crippen molar-refractivity contribution in [3.05, 3.63) is 101 Å². The van der Waals surface area contributed by atoms with Crippen LogP contribution in [0.4, 0.5) is 0 Å². The van der Waals surface area contributed by atoms with E-state index >= 15 is 0 Å². The van der Waals surface area contributed by atoms with E-state index in [0.717, 1.165) is 33.0 Å². The van der Waals surface area contributed by atoms with Gasteiger partial charge in [0.1, 0.15) is 5.75 Å². The monoisotopic (exact) mass is 572 g/mol. The van der Waals surface area contributed by atoms with E-state index in [9.17, 15) is 22.9 Å². The lowest BCUT2D eigenvalue weighted by molar-refractivity contribution is -0.138. The van der Waals surface area contributed by atoms with Crippen LogP contribution < -0.4 is 5.32 Å². The van der Waals surface area contributed by atoms with Crippen LogP contribution in [0.1, 0.15) is 41.5 Å². The third-order valence-corrected chi connectivity index (χ3v) is 8.79. The smallest absolute Gasteiger partial charge is 0.337 e. The molecule has 0 bridgehead atoms. The van der Waals surface area contributed by atoms with Gasteiger partial charge in [-0.2, -0.15) is 8.42 Å². The van der Waals surface area contributed by atoms with Crippen LogP contribution in [0.2, 0.25) is 0 Å². The fraction of sp³-hybridized carbons (Fsp3) is 0.250.